The van der Waals surface area contributed by atoms with Crippen LogP contribution in [0.3, 0.4) is 0 Å². The summed E-state index contributed by atoms with van der Waals surface area (Å²) in [6, 6.07) is 6.29. The van der Waals surface area contributed by atoms with E-state index in [1.54, 1.807) is 7.11 Å². The van der Waals surface area contributed by atoms with Gasteiger partial charge in [0.05, 0.1) is 18.2 Å². The van der Waals surface area contributed by atoms with Crippen LogP contribution < -0.4 is 5.32 Å². The number of nitrogens with one attached hydrogen (secondary N) is 1. The predicted molar refractivity (Wildman–Crippen MR) is 101 cm³/mol. The summed E-state index contributed by atoms with van der Waals surface area (Å²) in [5.41, 5.74) is 3.61. The monoisotopic (exact) mass is 358 g/mol. The van der Waals surface area contributed by atoms with E-state index in [4.69, 9.17) is 9.47 Å². The van der Waals surface area contributed by atoms with Gasteiger partial charge in [-0.3, -0.25) is 9.69 Å². The number of carbonyl (C=O) groups is 1. The summed E-state index contributed by atoms with van der Waals surface area (Å²) in [5.74, 6) is 0.0714. The zero-order valence-corrected chi connectivity index (χ0v) is 15.8. The van der Waals surface area contributed by atoms with Crippen LogP contribution in [-0.2, 0) is 27.1 Å². The number of hydrogen-bond acceptors (Lipinski definition) is 4. The van der Waals surface area contributed by atoms with Gasteiger partial charge < -0.3 is 14.8 Å². The lowest BCUT2D eigenvalue weighted by Crippen LogP contribution is -2.57. The second-order valence-corrected chi connectivity index (χ2v) is 7.92. The van der Waals surface area contributed by atoms with E-state index in [2.05, 4.69) is 22.3 Å². The third-order valence-electron chi connectivity index (χ3n) is 6.32. The number of likely N-dealkylation sites (tertiary alicyclic amines) is 1. The molecule has 0 saturated carbocycles. The van der Waals surface area contributed by atoms with Crippen molar-refractivity contribution in [1.82, 2.24) is 4.90 Å². The third kappa shape index (κ3) is 3.53. The number of ether oxygens (including phenoxy) is 2. The van der Waals surface area contributed by atoms with Gasteiger partial charge in [0, 0.05) is 32.5 Å². The third-order valence-corrected chi connectivity index (χ3v) is 6.32. The number of rotatable bonds is 4. The van der Waals surface area contributed by atoms with Gasteiger partial charge in [-0.05, 0) is 62.1 Å². The van der Waals surface area contributed by atoms with Crippen LogP contribution in [0.1, 0.15) is 43.2 Å². The van der Waals surface area contributed by atoms with Gasteiger partial charge in [0.15, 0.2) is 0 Å². The normalized spacial score (nSPS) is 28.9. The first-order chi connectivity index (χ1) is 12.7. The summed E-state index contributed by atoms with van der Waals surface area (Å²) in [7, 11) is 1.76. The molecule has 4 rings (SSSR count). The maximum Gasteiger partial charge on any atom is 0.238 e. The number of carbonyl (C=O) groups excluding carboxylic acids is 1. The first-order valence-electron chi connectivity index (χ1n) is 10.00. The summed E-state index contributed by atoms with van der Waals surface area (Å²) < 4.78 is 11.8. The molecule has 1 aromatic carbocycles. The average Bonchev–Trinajstić information content (AvgIpc) is 3.13. The number of hydrogen-bond donors (Lipinski definition) is 1. The molecule has 5 nitrogen and oxygen atoms in total. The van der Waals surface area contributed by atoms with Gasteiger partial charge in [0.1, 0.15) is 0 Å². The summed E-state index contributed by atoms with van der Waals surface area (Å²) in [6.07, 6.45) is 7.84. The Kier molecular flexibility index (Phi) is 5.30. The van der Waals surface area contributed by atoms with E-state index < -0.39 is 0 Å². The molecule has 2 fully saturated rings. The molecule has 2 atom stereocenters. The van der Waals surface area contributed by atoms with Gasteiger partial charge in [-0.1, -0.05) is 12.1 Å². The highest BCUT2D eigenvalue weighted by Crippen LogP contribution is 2.37. The first-order valence-corrected chi connectivity index (χ1v) is 10.00. The lowest BCUT2D eigenvalue weighted by atomic mass is 9.86. The van der Waals surface area contributed by atoms with E-state index in [0.29, 0.717) is 6.54 Å². The fourth-order valence-electron chi connectivity index (χ4n) is 4.89. The Bertz CT molecular complexity index is 655. The van der Waals surface area contributed by atoms with Crippen molar-refractivity contribution in [3.63, 3.8) is 0 Å². The number of piperidine rings is 1. The second-order valence-electron chi connectivity index (χ2n) is 7.92. The van der Waals surface area contributed by atoms with E-state index in [1.807, 2.05) is 6.07 Å². The highest BCUT2D eigenvalue weighted by molar-refractivity contribution is 5.93. The van der Waals surface area contributed by atoms with Gasteiger partial charge in [0.25, 0.3) is 0 Å². The Hall–Kier alpha value is -1.43. The van der Waals surface area contributed by atoms with Crippen LogP contribution in [0.5, 0.6) is 0 Å². The molecular formula is C21H30N2O3. The molecule has 0 aromatic heterocycles. The zero-order valence-electron chi connectivity index (χ0n) is 15.8. The number of aryl methyl sites for hydroxylation is 1. The molecule has 2 saturated heterocycles. The molecule has 26 heavy (non-hydrogen) atoms. The van der Waals surface area contributed by atoms with Crippen LogP contribution in [0, 0.1) is 0 Å². The second kappa shape index (κ2) is 7.67. The number of benzene rings is 1. The molecule has 1 spiro atoms. The summed E-state index contributed by atoms with van der Waals surface area (Å²) in [6.45, 7) is 2.90. The molecule has 5 heteroatoms. The summed E-state index contributed by atoms with van der Waals surface area (Å²) in [4.78, 5) is 14.8. The standard InChI is InChI=1S/C21H30N2O3/c1-25-19-14-23(12-11-21(19)10-5-13-26-21)15-20(24)22-18-9-4-7-16-6-2-3-8-17(16)18/h4,7,9,19H,2-3,5-6,8,10-15H2,1H3,(H,22,24). The number of amides is 1. The molecular weight excluding hydrogens is 328 g/mol. The molecule has 2 heterocycles. The predicted octanol–water partition coefficient (Wildman–Crippen LogP) is 2.77. The zero-order chi connectivity index (χ0) is 18.0. The van der Waals surface area contributed by atoms with Crippen molar-refractivity contribution in [3.05, 3.63) is 29.3 Å². The minimum absolute atomic E-state index is 0.0519. The molecule has 2 aliphatic heterocycles. The SMILES string of the molecule is COC1CN(CC(=O)Nc2cccc3c2CCCC3)CCC12CCCO2. The molecule has 0 radical (unpaired) electrons. The Morgan fingerprint density at radius 2 is 2.19 bits per heavy atom. The molecule has 3 aliphatic rings. The molecule has 1 aromatic rings. The largest absolute Gasteiger partial charge is 0.377 e. The highest BCUT2D eigenvalue weighted by atomic mass is 16.5. The van der Waals surface area contributed by atoms with E-state index in [9.17, 15) is 4.79 Å². The lowest BCUT2D eigenvalue weighted by molar-refractivity contribution is -0.145. The van der Waals surface area contributed by atoms with Crippen molar-refractivity contribution in [2.24, 2.45) is 0 Å². The topological polar surface area (TPSA) is 50.8 Å². The van der Waals surface area contributed by atoms with Crippen molar-refractivity contribution < 1.29 is 14.3 Å². The van der Waals surface area contributed by atoms with Crippen molar-refractivity contribution >= 4 is 11.6 Å². The fraction of sp³-hybridized carbons (Fsp3) is 0.667. The number of methoxy groups -OCH3 is 1. The van der Waals surface area contributed by atoms with Crippen LogP contribution in [0.25, 0.3) is 0 Å². The van der Waals surface area contributed by atoms with Crippen LogP contribution in [0.15, 0.2) is 18.2 Å². The van der Waals surface area contributed by atoms with Crippen LogP contribution >= 0.6 is 0 Å². The average molecular weight is 358 g/mol. The van der Waals surface area contributed by atoms with Gasteiger partial charge in [0.2, 0.25) is 5.91 Å². The summed E-state index contributed by atoms with van der Waals surface area (Å²) in [5, 5.41) is 3.16. The quantitative estimate of drug-likeness (QED) is 0.899. The minimum Gasteiger partial charge on any atom is -0.377 e. The van der Waals surface area contributed by atoms with E-state index in [-0.39, 0.29) is 17.6 Å². The maximum absolute atomic E-state index is 12.6. The number of nitrogens with zero attached hydrogens (tertiary/aromatic N) is 1. The molecule has 1 N–H and O–H groups in total. The van der Waals surface area contributed by atoms with E-state index >= 15 is 0 Å². The molecule has 2 unspecified atom stereocenters. The van der Waals surface area contributed by atoms with Crippen LogP contribution in [-0.4, -0.2) is 55.9 Å². The molecule has 1 amide bonds. The lowest BCUT2D eigenvalue weighted by Gasteiger charge is -2.44. The van der Waals surface area contributed by atoms with Gasteiger partial charge in [-0.2, -0.15) is 0 Å². The first kappa shape index (κ1) is 18.0. The van der Waals surface area contributed by atoms with Crippen molar-refractivity contribution in [2.75, 3.05) is 38.7 Å². The van der Waals surface area contributed by atoms with Crippen molar-refractivity contribution in [1.29, 1.82) is 0 Å². The van der Waals surface area contributed by atoms with Crippen molar-refractivity contribution in [3.8, 4) is 0 Å². The maximum atomic E-state index is 12.6. The molecule has 1 aliphatic carbocycles. The highest BCUT2D eigenvalue weighted by Gasteiger charge is 2.46. The number of anilines is 1. The van der Waals surface area contributed by atoms with E-state index in [0.717, 1.165) is 57.5 Å². The van der Waals surface area contributed by atoms with Crippen LogP contribution in [0.4, 0.5) is 5.69 Å². The fourth-order valence-corrected chi connectivity index (χ4v) is 4.89. The van der Waals surface area contributed by atoms with E-state index in [1.165, 1.54) is 24.0 Å². The smallest absolute Gasteiger partial charge is 0.238 e. The van der Waals surface area contributed by atoms with Gasteiger partial charge in [-0.15, -0.1) is 0 Å². The Labute approximate surface area is 156 Å². The minimum atomic E-state index is -0.125. The Balaban J connectivity index is 1.37. The molecule has 0 bridgehead atoms. The Morgan fingerprint density at radius 1 is 1.31 bits per heavy atom. The van der Waals surface area contributed by atoms with Gasteiger partial charge in [-0.25, -0.2) is 0 Å². The van der Waals surface area contributed by atoms with Crippen molar-refractivity contribution in [2.45, 2.75) is 56.7 Å². The van der Waals surface area contributed by atoms with Crippen LogP contribution in [0.2, 0.25) is 0 Å². The number of fused-ring (bicyclic) bond motifs is 1. The van der Waals surface area contributed by atoms with Gasteiger partial charge >= 0.3 is 0 Å². The summed E-state index contributed by atoms with van der Waals surface area (Å²) >= 11 is 0. The Morgan fingerprint density at radius 3 is 3.00 bits per heavy atom. The molecule has 142 valence electrons.